The number of hydrogen-bond donors (Lipinski definition) is 0. The fourth-order valence-electron chi connectivity index (χ4n) is 2.20. The zero-order valence-corrected chi connectivity index (χ0v) is 13.9. The van der Waals surface area contributed by atoms with Gasteiger partial charge in [-0.1, -0.05) is 20.8 Å². The van der Waals surface area contributed by atoms with Crippen LogP contribution in [0.4, 0.5) is 0 Å². The van der Waals surface area contributed by atoms with Crippen molar-refractivity contribution in [3.05, 3.63) is 0 Å². The lowest BCUT2D eigenvalue weighted by Crippen LogP contribution is -2.56. The Morgan fingerprint density at radius 3 is 2.05 bits per heavy atom. The number of rotatable bonds is 4. The molecule has 0 aromatic carbocycles. The molecule has 2 heterocycles. The Kier molecular flexibility index (Phi) is 4.97. The normalized spacial score (nSPS) is 26.3. The molecule has 0 aliphatic carbocycles. The van der Waals surface area contributed by atoms with E-state index in [-0.39, 0.29) is 11.7 Å². The van der Waals surface area contributed by atoms with Crippen LogP contribution in [0.25, 0.3) is 0 Å². The first-order chi connectivity index (χ1) is 9.73. The molecule has 0 bridgehead atoms. The van der Waals surface area contributed by atoms with Crippen molar-refractivity contribution in [3.63, 3.8) is 0 Å². The highest BCUT2D eigenvalue weighted by Crippen LogP contribution is 2.39. The Morgan fingerprint density at radius 1 is 1.10 bits per heavy atom. The van der Waals surface area contributed by atoms with E-state index in [2.05, 4.69) is 0 Å². The van der Waals surface area contributed by atoms with Crippen LogP contribution in [-0.2, 0) is 29.6 Å². The molecule has 0 unspecified atom stereocenters. The largest absolute Gasteiger partial charge is 0.236 e. The summed E-state index contributed by atoms with van der Waals surface area (Å²) in [6.45, 7) is 8.15. The van der Waals surface area contributed by atoms with E-state index in [0.717, 1.165) is 0 Å². The first kappa shape index (κ1) is 17.1. The third kappa shape index (κ3) is 3.57. The van der Waals surface area contributed by atoms with Crippen molar-refractivity contribution in [1.29, 1.82) is 0 Å². The van der Waals surface area contributed by atoms with Crippen LogP contribution in [0, 0.1) is 5.92 Å². The van der Waals surface area contributed by atoms with E-state index >= 15 is 0 Å². The molecule has 0 aromatic rings. The smallest absolute Gasteiger partial charge is 0.212 e. The summed E-state index contributed by atoms with van der Waals surface area (Å²) in [5.41, 5.74) is 0. The molecule has 2 saturated heterocycles. The van der Waals surface area contributed by atoms with Gasteiger partial charge in [-0.05, 0) is 13.3 Å². The maximum atomic E-state index is 12.0. The standard InChI is InChI=1S/C13H25NO6S/c1-5-10-21(15,16)14-8-6-13(7-9-14)19-17-12(4,11(2)3)18-20-13/h11H,5-10H2,1-4H3. The molecule has 21 heavy (non-hydrogen) atoms. The Bertz CT molecular complexity index is 445. The molecule has 124 valence electrons. The highest BCUT2D eigenvalue weighted by Gasteiger charge is 2.50. The summed E-state index contributed by atoms with van der Waals surface area (Å²) < 4.78 is 25.5. The second-order valence-corrected chi connectivity index (χ2v) is 8.22. The molecule has 1 spiro atoms. The maximum absolute atomic E-state index is 12.0. The fourth-order valence-corrected chi connectivity index (χ4v) is 3.71. The summed E-state index contributed by atoms with van der Waals surface area (Å²) in [5, 5.41) is 0. The van der Waals surface area contributed by atoms with Gasteiger partial charge in [-0.2, -0.15) is 19.6 Å². The van der Waals surface area contributed by atoms with Gasteiger partial charge in [0.15, 0.2) is 0 Å². The molecule has 0 amide bonds. The summed E-state index contributed by atoms with van der Waals surface area (Å²) in [7, 11) is -3.18. The summed E-state index contributed by atoms with van der Waals surface area (Å²) in [6, 6.07) is 0. The number of sulfonamides is 1. The number of hydrogen-bond acceptors (Lipinski definition) is 6. The predicted octanol–water partition coefficient (Wildman–Crippen LogP) is 1.80. The SMILES string of the molecule is CCCS(=O)(=O)N1CCC2(CC1)OOC(C)(C(C)C)OO2. The second-order valence-electron chi connectivity index (χ2n) is 6.13. The van der Waals surface area contributed by atoms with Crippen molar-refractivity contribution in [2.24, 2.45) is 5.92 Å². The van der Waals surface area contributed by atoms with E-state index in [0.29, 0.717) is 32.4 Å². The quantitative estimate of drug-likeness (QED) is 0.735. The van der Waals surface area contributed by atoms with Gasteiger partial charge in [-0.3, -0.25) is 0 Å². The molecular weight excluding hydrogens is 298 g/mol. The number of nitrogens with zero attached hydrogens (tertiary/aromatic N) is 1. The van der Waals surface area contributed by atoms with Gasteiger partial charge in [0.25, 0.3) is 0 Å². The van der Waals surface area contributed by atoms with Crippen molar-refractivity contribution in [2.45, 2.75) is 58.5 Å². The number of piperidine rings is 1. The van der Waals surface area contributed by atoms with Crippen LogP contribution in [0.1, 0.15) is 47.0 Å². The topological polar surface area (TPSA) is 74.3 Å². The van der Waals surface area contributed by atoms with Gasteiger partial charge >= 0.3 is 0 Å². The summed E-state index contributed by atoms with van der Waals surface area (Å²) in [5.74, 6) is -1.73. The van der Waals surface area contributed by atoms with E-state index in [1.165, 1.54) is 4.31 Å². The third-order valence-corrected chi connectivity index (χ3v) is 6.18. The summed E-state index contributed by atoms with van der Waals surface area (Å²) >= 11 is 0. The van der Waals surface area contributed by atoms with E-state index in [4.69, 9.17) is 19.6 Å². The van der Waals surface area contributed by atoms with Crippen molar-refractivity contribution in [2.75, 3.05) is 18.8 Å². The zero-order chi connectivity index (χ0) is 15.7. The van der Waals surface area contributed by atoms with Crippen molar-refractivity contribution < 1.29 is 28.0 Å². The molecule has 2 aliphatic heterocycles. The van der Waals surface area contributed by atoms with Crippen molar-refractivity contribution in [3.8, 4) is 0 Å². The van der Waals surface area contributed by atoms with Crippen LogP contribution in [-0.4, -0.2) is 43.1 Å². The zero-order valence-electron chi connectivity index (χ0n) is 13.1. The monoisotopic (exact) mass is 323 g/mol. The third-order valence-electron chi connectivity index (χ3n) is 4.11. The fraction of sp³-hybridized carbons (Fsp3) is 1.00. The Labute approximate surface area is 126 Å². The molecule has 8 heteroatoms. The van der Waals surface area contributed by atoms with E-state index in [1.54, 1.807) is 6.92 Å². The highest BCUT2D eigenvalue weighted by molar-refractivity contribution is 7.89. The lowest BCUT2D eigenvalue weighted by molar-refractivity contribution is -0.662. The van der Waals surface area contributed by atoms with E-state index in [9.17, 15) is 8.42 Å². The van der Waals surface area contributed by atoms with Gasteiger partial charge in [0.2, 0.25) is 21.6 Å². The van der Waals surface area contributed by atoms with Gasteiger partial charge in [0.05, 0.1) is 5.75 Å². The van der Waals surface area contributed by atoms with E-state index < -0.39 is 21.6 Å². The average molecular weight is 323 g/mol. The Hall–Kier alpha value is -0.250. The van der Waals surface area contributed by atoms with Crippen molar-refractivity contribution in [1.82, 2.24) is 4.31 Å². The van der Waals surface area contributed by atoms with Crippen LogP contribution < -0.4 is 0 Å². The molecular formula is C13H25NO6S. The van der Waals surface area contributed by atoms with Gasteiger partial charge in [0.1, 0.15) is 0 Å². The van der Waals surface area contributed by atoms with Gasteiger partial charge in [-0.15, -0.1) is 0 Å². The lowest BCUT2D eigenvalue weighted by Gasteiger charge is -2.45. The molecule has 2 fully saturated rings. The minimum atomic E-state index is -3.18. The summed E-state index contributed by atoms with van der Waals surface area (Å²) in [4.78, 5) is 21.6. The van der Waals surface area contributed by atoms with Crippen LogP contribution >= 0.6 is 0 Å². The van der Waals surface area contributed by atoms with Crippen LogP contribution in [0.5, 0.6) is 0 Å². The van der Waals surface area contributed by atoms with Crippen LogP contribution in [0.2, 0.25) is 0 Å². The second kappa shape index (κ2) is 6.10. The lowest BCUT2D eigenvalue weighted by atomic mass is 10.0. The molecule has 2 rings (SSSR count). The van der Waals surface area contributed by atoms with Gasteiger partial charge < -0.3 is 0 Å². The van der Waals surface area contributed by atoms with Crippen molar-refractivity contribution >= 4 is 10.0 Å². The first-order valence-electron chi connectivity index (χ1n) is 7.44. The van der Waals surface area contributed by atoms with Gasteiger partial charge in [-0.25, -0.2) is 12.7 Å². The van der Waals surface area contributed by atoms with Crippen LogP contribution in [0.15, 0.2) is 0 Å². The highest BCUT2D eigenvalue weighted by atomic mass is 32.2. The Morgan fingerprint density at radius 2 is 1.62 bits per heavy atom. The molecule has 7 nitrogen and oxygen atoms in total. The summed E-state index contributed by atoms with van der Waals surface area (Å²) in [6.07, 6.45) is 1.37. The average Bonchev–Trinajstić information content (AvgIpc) is 2.43. The minimum Gasteiger partial charge on any atom is -0.212 e. The minimum absolute atomic E-state index is 0.0554. The first-order valence-corrected chi connectivity index (χ1v) is 9.05. The molecule has 0 saturated carbocycles. The molecule has 0 atom stereocenters. The van der Waals surface area contributed by atoms with Crippen LogP contribution in [0.3, 0.4) is 0 Å². The molecule has 0 N–H and O–H groups in total. The molecule has 2 aliphatic rings. The predicted molar refractivity (Wildman–Crippen MR) is 75.2 cm³/mol. The molecule has 0 aromatic heterocycles. The Balaban J connectivity index is 1.93. The maximum Gasteiger partial charge on any atom is 0.236 e. The van der Waals surface area contributed by atoms with E-state index in [1.807, 2.05) is 20.8 Å². The molecule has 0 radical (unpaired) electrons. The van der Waals surface area contributed by atoms with Gasteiger partial charge in [0, 0.05) is 31.8 Å².